The van der Waals surface area contributed by atoms with Crippen LogP contribution in [0.15, 0.2) is 64.4 Å². The zero-order valence-electron chi connectivity index (χ0n) is 44.2. The zero-order valence-corrected chi connectivity index (χ0v) is 45.8. The lowest BCUT2D eigenvalue weighted by atomic mass is 9.43. The van der Waals surface area contributed by atoms with Crippen LogP contribution >= 0.6 is 0 Å². The molecule has 0 amide bonds. The highest BCUT2D eigenvalue weighted by Gasteiger charge is 2.66. The number of benzene rings is 2. The van der Waals surface area contributed by atoms with Crippen LogP contribution in [-0.2, 0) is 24.1 Å². The number of hydrogen-bond acceptors (Lipinski definition) is 9. The van der Waals surface area contributed by atoms with Gasteiger partial charge in [0, 0.05) is 0 Å². The van der Waals surface area contributed by atoms with Crippen molar-refractivity contribution in [1.29, 1.82) is 0 Å². The third kappa shape index (κ3) is 9.36. The Bertz CT molecular complexity index is 2400. The van der Waals surface area contributed by atoms with Crippen LogP contribution in [0, 0.1) is 99.6 Å². The Kier molecular flexibility index (Phi) is 14.2. The van der Waals surface area contributed by atoms with Gasteiger partial charge in [0.25, 0.3) is 10.1 Å². The molecule has 0 heterocycles. The maximum Gasteiger partial charge on any atom is 0.296 e. The zero-order chi connectivity index (χ0) is 50.6. The van der Waals surface area contributed by atoms with E-state index in [0.29, 0.717) is 64.1 Å². The first kappa shape index (κ1) is 53.0. The highest BCUT2D eigenvalue weighted by Crippen LogP contribution is 2.70. The number of sulfone groups is 1. The van der Waals surface area contributed by atoms with Crippen molar-refractivity contribution < 1.29 is 41.4 Å². The summed E-state index contributed by atoms with van der Waals surface area (Å²) in [6, 6.07) is 15.7. The second-order valence-electron chi connectivity index (χ2n) is 27.1. The molecule has 392 valence electrons. The lowest BCUT2D eigenvalue weighted by molar-refractivity contribution is -0.190. The monoisotopic (exact) mass is 1010 g/mol. The standard InChI is InChI=1S/C30H46O5S.C29H44O4S/c1-19-6-9-22(10-7-19)36(33,34)35-18-20(2)24-12-13-25-23-11-8-21-16-28(3,32)14-15-29(21,4)27(23)26(31)17-30(24,25)5;1-19(18-34(32,33)21-8-6-5-7-9-21)23-12-13-24-22-11-10-20-16-27(2,31)14-15-28(20,3)26(22)25(30)17-29(23,24)4/h6-7,9-10,20-21,23-27,31-32H,8,11-18H2,1-5H3;5-9,19-20,22-26,30-31H,10-18H2,1-4H3/t20-,21-,23+,24-,25+,26?,27-,28+,29+,30-;19-,20-,22+,23-,24+,25?,26-,27+,28+,29-/m11/s1. The van der Waals surface area contributed by atoms with E-state index >= 15 is 0 Å². The van der Waals surface area contributed by atoms with Crippen molar-refractivity contribution in [3.05, 3.63) is 60.2 Å². The molecule has 0 aliphatic heterocycles. The molecule has 2 unspecified atom stereocenters. The van der Waals surface area contributed by atoms with E-state index in [9.17, 15) is 37.3 Å². The number of hydrogen-bond donors (Lipinski definition) is 4. The van der Waals surface area contributed by atoms with Crippen molar-refractivity contribution in [3.63, 3.8) is 0 Å². The Morgan fingerprint density at radius 3 is 1.49 bits per heavy atom. The van der Waals surface area contributed by atoms with Crippen molar-refractivity contribution in [2.45, 2.75) is 198 Å². The van der Waals surface area contributed by atoms with Gasteiger partial charge in [-0.05, 0) is 240 Å². The topological polar surface area (TPSA) is 158 Å². The van der Waals surface area contributed by atoms with Crippen molar-refractivity contribution >= 4 is 20.0 Å². The molecule has 0 bridgehead atoms. The van der Waals surface area contributed by atoms with Gasteiger partial charge in [-0.3, -0.25) is 4.18 Å². The molecule has 0 saturated heterocycles. The van der Waals surface area contributed by atoms with Crippen LogP contribution in [0.1, 0.15) is 164 Å². The van der Waals surface area contributed by atoms with Crippen LogP contribution in [-0.4, -0.2) is 73.0 Å². The Labute approximate surface area is 422 Å². The predicted molar refractivity (Wildman–Crippen MR) is 276 cm³/mol. The van der Waals surface area contributed by atoms with E-state index in [-0.39, 0.29) is 63.0 Å². The largest absolute Gasteiger partial charge is 0.393 e. The van der Waals surface area contributed by atoms with E-state index in [1.165, 1.54) is 0 Å². The maximum absolute atomic E-state index is 13.1. The first-order chi connectivity index (χ1) is 32.6. The fraction of sp³-hybridized carbons (Fsp3) is 0.797. The summed E-state index contributed by atoms with van der Waals surface area (Å²) in [6.45, 7) is 19.9. The summed E-state index contributed by atoms with van der Waals surface area (Å²) < 4.78 is 57.5. The molecule has 0 radical (unpaired) electrons. The molecule has 11 heteroatoms. The van der Waals surface area contributed by atoms with Gasteiger partial charge >= 0.3 is 0 Å². The summed E-state index contributed by atoms with van der Waals surface area (Å²) in [5.41, 5.74) is 0.0763. The van der Waals surface area contributed by atoms with E-state index in [1.54, 1.807) is 48.5 Å². The number of aliphatic hydroxyl groups excluding tert-OH is 2. The minimum atomic E-state index is -3.78. The summed E-state index contributed by atoms with van der Waals surface area (Å²) >= 11 is 0. The fourth-order valence-electron chi connectivity index (χ4n) is 19.3. The number of fused-ring (bicyclic) bond motifs is 10. The first-order valence-electron chi connectivity index (χ1n) is 27.7. The van der Waals surface area contributed by atoms with Gasteiger partial charge in [0.15, 0.2) is 9.84 Å². The molecule has 8 saturated carbocycles. The number of aliphatic hydroxyl groups is 4. The summed E-state index contributed by atoms with van der Waals surface area (Å²) in [5, 5.41) is 44.9. The van der Waals surface area contributed by atoms with Crippen molar-refractivity contribution in [3.8, 4) is 0 Å². The Morgan fingerprint density at radius 1 is 0.557 bits per heavy atom. The van der Waals surface area contributed by atoms with Crippen molar-refractivity contribution in [2.24, 2.45) is 92.7 Å². The minimum Gasteiger partial charge on any atom is -0.393 e. The van der Waals surface area contributed by atoms with Gasteiger partial charge in [0.2, 0.25) is 0 Å². The normalized spacial score (nSPS) is 46.4. The van der Waals surface area contributed by atoms with Gasteiger partial charge in [-0.2, -0.15) is 8.42 Å². The van der Waals surface area contributed by atoms with Crippen LogP contribution in [0.5, 0.6) is 0 Å². The van der Waals surface area contributed by atoms with Gasteiger partial charge in [-0.15, -0.1) is 0 Å². The minimum absolute atomic E-state index is 0.000335. The molecule has 8 fully saturated rings. The third-order valence-electron chi connectivity index (χ3n) is 22.7. The summed E-state index contributed by atoms with van der Waals surface area (Å²) in [6.07, 6.45) is 15.3. The van der Waals surface area contributed by atoms with Gasteiger partial charge in [0.1, 0.15) is 0 Å². The van der Waals surface area contributed by atoms with Gasteiger partial charge in [0.05, 0.1) is 45.6 Å². The quantitative estimate of drug-likeness (QED) is 0.179. The molecule has 8 aliphatic carbocycles. The smallest absolute Gasteiger partial charge is 0.296 e. The number of aryl methyl sites for hydroxylation is 1. The van der Waals surface area contributed by atoms with E-state index < -0.39 is 31.2 Å². The molecule has 70 heavy (non-hydrogen) atoms. The summed E-state index contributed by atoms with van der Waals surface area (Å²) in [4.78, 5) is 0.632. The molecule has 8 aliphatic rings. The molecule has 4 N–H and O–H groups in total. The molecule has 0 spiro atoms. The second-order valence-corrected chi connectivity index (χ2v) is 30.7. The molecule has 20 atom stereocenters. The maximum atomic E-state index is 13.1. The molecule has 2 aromatic rings. The SMILES string of the molecule is C[C@H](CS(=O)(=O)c1ccccc1)[C@H]1CC[C@H]2[C@@H]3CC[C@@H]4C[C@@](C)(O)CC[C@]4(C)[C@H]3C(O)C[C@]12C.Cc1ccc(S(=O)(=O)OC[C@@H](C)[C@H]2CC[C@H]3[C@@H]4CC[C@@H]5C[C@@](C)(O)CC[C@]5(C)[C@H]4C(O)C[C@]23C)cc1. The van der Waals surface area contributed by atoms with Crippen LogP contribution < -0.4 is 0 Å². The lowest BCUT2D eigenvalue weighted by Crippen LogP contribution is -2.60. The first-order valence-corrected chi connectivity index (χ1v) is 30.7. The predicted octanol–water partition coefficient (Wildman–Crippen LogP) is 11.2. The van der Waals surface area contributed by atoms with E-state index in [2.05, 4.69) is 41.5 Å². The average molecular weight is 1010 g/mol. The van der Waals surface area contributed by atoms with Crippen LogP contribution in [0.3, 0.4) is 0 Å². The second kappa shape index (κ2) is 18.8. The summed E-state index contributed by atoms with van der Waals surface area (Å²) in [5.74, 6) is 4.75. The lowest BCUT2D eigenvalue weighted by Gasteiger charge is -2.63. The van der Waals surface area contributed by atoms with Crippen molar-refractivity contribution in [2.75, 3.05) is 12.4 Å². The highest BCUT2D eigenvalue weighted by atomic mass is 32.2. The Morgan fingerprint density at radius 2 is 1.01 bits per heavy atom. The molecule has 2 aromatic carbocycles. The van der Waals surface area contributed by atoms with Gasteiger partial charge in [-0.1, -0.05) is 77.4 Å². The van der Waals surface area contributed by atoms with Gasteiger partial charge < -0.3 is 20.4 Å². The molecular weight excluding hydrogens is 917 g/mol. The highest BCUT2D eigenvalue weighted by molar-refractivity contribution is 7.91. The van der Waals surface area contributed by atoms with Crippen molar-refractivity contribution in [1.82, 2.24) is 0 Å². The molecule has 10 rings (SSSR count). The summed E-state index contributed by atoms with van der Waals surface area (Å²) in [7, 11) is -7.10. The third-order valence-corrected chi connectivity index (χ3v) is 25.9. The molecular formula is C59H90O9S2. The fourth-order valence-corrected chi connectivity index (χ4v) is 22.0. The molecule has 0 aromatic heterocycles. The Hall–Kier alpha value is -1.86. The Balaban J connectivity index is 0.000000174. The van der Waals surface area contributed by atoms with E-state index in [4.69, 9.17) is 4.18 Å². The average Bonchev–Trinajstić information content (AvgIpc) is 3.82. The van der Waals surface area contributed by atoms with E-state index in [0.717, 1.165) is 108 Å². The number of rotatable bonds is 9. The van der Waals surface area contributed by atoms with Crippen LogP contribution in [0.4, 0.5) is 0 Å². The van der Waals surface area contributed by atoms with Crippen LogP contribution in [0.25, 0.3) is 0 Å². The molecule has 9 nitrogen and oxygen atoms in total. The van der Waals surface area contributed by atoms with E-state index in [1.807, 2.05) is 26.8 Å². The van der Waals surface area contributed by atoms with Crippen LogP contribution in [0.2, 0.25) is 0 Å². The van der Waals surface area contributed by atoms with Gasteiger partial charge in [-0.25, -0.2) is 8.42 Å².